The summed E-state index contributed by atoms with van der Waals surface area (Å²) in [5.41, 5.74) is 0.722. The van der Waals surface area contributed by atoms with Gasteiger partial charge >= 0.3 is 0 Å². The molecular weight excluding hydrogens is 314 g/mol. The van der Waals surface area contributed by atoms with Crippen LogP contribution in [0.5, 0.6) is 0 Å². The van der Waals surface area contributed by atoms with Crippen LogP contribution in [-0.4, -0.2) is 21.5 Å². The van der Waals surface area contributed by atoms with E-state index in [9.17, 15) is 13.6 Å². The summed E-state index contributed by atoms with van der Waals surface area (Å²) in [7, 11) is 0. The second kappa shape index (κ2) is 5.67. The van der Waals surface area contributed by atoms with Gasteiger partial charge in [-0.3, -0.25) is 4.79 Å². The average molecular weight is 328 g/mol. The molecular formula is C17H14F2N4O. The number of pyridine rings is 1. The number of benzene rings is 1. The largest absolute Gasteiger partial charge is 0.349 e. The first kappa shape index (κ1) is 14.7. The number of nitrogens with one attached hydrogen (secondary N) is 1. The van der Waals surface area contributed by atoms with Crippen molar-refractivity contribution in [3.05, 3.63) is 64.2 Å². The Morgan fingerprint density at radius 1 is 1.21 bits per heavy atom. The number of rotatable bonds is 2. The average Bonchev–Trinajstić information content (AvgIpc) is 3.06. The molecule has 1 aromatic carbocycles. The maximum absolute atomic E-state index is 14.1. The highest BCUT2D eigenvalue weighted by Crippen LogP contribution is 2.36. The Bertz CT molecular complexity index is 972. The lowest BCUT2D eigenvalue weighted by Crippen LogP contribution is -2.25. The quantitative estimate of drug-likeness (QED) is 0.786. The molecule has 7 heteroatoms. The second-order valence-electron chi connectivity index (χ2n) is 5.79. The molecule has 5 nitrogen and oxygen atoms in total. The van der Waals surface area contributed by atoms with Crippen molar-refractivity contribution in [1.82, 2.24) is 15.0 Å². The number of hydrogen-bond acceptors (Lipinski definition) is 4. The van der Waals surface area contributed by atoms with Crippen LogP contribution >= 0.6 is 0 Å². The van der Waals surface area contributed by atoms with Gasteiger partial charge in [-0.05, 0) is 43.2 Å². The normalized spacial score (nSPS) is 17.6. The third-order valence-corrected chi connectivity index (χ3v) is 4.34. The molecule has 3 heterocycles. The molecule has 0 bridgehead atoms. The number of nitrogens with zero attached hydrogens (tertiary/aromatic N) is 3. The Hall–Kier alpha value is -2.83. The molecule has 4 rings (SSSR count). The van der Waals surface area contributed by atoms with E-state index < -0.39 is 11.6 Å². The maximum Gasteiger partial charge on any atom is 0.277 e. The zero-order valence-corrected chi connectivity index (χ0v) is 12.7. The number of aromatic amines is 1. The fourth-order valence-electron chi connectivity index (χ4n) is 3.24. The van der Waals surface area contributed by atoms with Crippen LogP contribution in [0.1, 0.15) is 24.4 Å². The third kappa shape index (κ3) is 2.42. The summed E-state index contributed by atoms with van der Waals surface area (Å²) < 4.78 is 27.7. The number of aromatic nitrogens is 3. The van der Waals surface area contributed by atoms with E-state index >= 15 is 0 Å². The SMILES string of the molecule is O=c1[nH]cnc2ccc(N3CCC[C@@H]3c3cc(F)ccc3F)nc12. The highest BCUT2D eigenvalue weighted by Gasteiger charge is 2.29. The van der Waals surface area contributed by atoms with Crippen LogP contribution in [0.2, 0.25) is 0 Å². The Labute approximate surface area is 136 Å². The van der Waals surface area contributed by atoms with Crippen molar-refractivity contribution < 1.29 is 8.78 Å². The predicted octanol–water partition coefficient (Wildman–Crippen LogP) is 2.94. The molecule has 1 saturated heterocycles. The van der Waals surface area contributed by atoms with Gasteiger partial charge in [0.15, 0.2) is 5.52 Å². The van der Waals surface area contributed by atoms with Crippen LogP contribution in [0.4, 0.5) is 14.6 Å². The maximum atomic E-state index is 14.1. The molecule has 3 aromatic rings. The Kier molecular flexibility index (Phi) is 3.48. The fraction of sp³-hybridized carbons (Fsp3) is 0.235. The molecule has 1 atom stereocenters. The summed E-state index contributed by atoms with van der Waals surface area (Å²) in [6.45, 7) is 0.664. The van der Waals surface area contributed by atoms with E-state index in [-0.39, 0.29) is 17.1 Å². The summed E-state index contributed by atoms with van der Waals surface area (Å²) in [5, 5.41) is 0. The zero-order chi connectivity index (χ0) is 16.7. The van der Waals surface area contributed by atoms with Crippen molar-refractivity contribution >= 4 is 16.9 Å². The lowest BCUT2D eigenvalue weighted by molar-refractivity contribution is 0.560. The topological polar surface area (TPSA) is 61.9 Å². The molecule has 0 saturated carbocycles. The minimum absolute atomic E-state index is 0.236. The van der Waals surface area contributed by atoms with Gasteiger partial charge in [-0.25, -0.2) is 18.7 Å². The zero-order valence-electron chi connectivity index (χ0n) is 12.7. The highest BCUT2D eigenvalue weighted by molar-refractivity contribution is 5.75. The molecule has 0 unspecified atom stereocenters. The molecule has 1 aliphatic rings. The van der Waals surface area contributed by atoms with Gasteiger partial charge in [0.05, 0.1) is 17.9 Å². The molecule has 0 spiro atoms. The highest BCUT2D eigenvalue weighted by atomic mass is 19.1. The first-order valence-electron chi connectivity index (χ1n) is 7.69. The summed E-state index contributed by atoms with van der Waals surface area (Å²) in [4.78, 5) is 24.8. The van der Waals surface area contributed by atoms with Crippen molar-refractivity contribution in [2.75, 3.05) is 11.4 Å². The molecule has 2 aromatic heterocycles. The van der Waals surface area contributed by atoms with Crippen molar-refractivity contribution in [2.24, 2.45) is 0 Å². The number of anilines is 1. The van der Waals surface area contributed by atoms with Gasteiger partial charge in [0.1, 0.15) is 17.5 Å². The Morgan fingerprint density at radius 3 is 2.96 bits per heavy atom. The number of fused-ring (bicyclic) bond motifs is 1. The number of halogens is 2. The molecule has 1 aliphatic heterocycles. The van der Waals surface area contributed by atoms with E-state index in [4.69, 9.17) is 0 Å². The lowest BCUT2D eigenvalue weighted by atomic mass is 10.0. The van der Waals surface area contributed by atoms with E-state index in [2.05, 4.69) is 15.0 Å². The molecule has 0 radical (unpaired) electrons. The minimum Gasteiger partial charge on any atom is -0.349 e. The van der Waals surface area contributed by atoms with Gasteiger partial charge in [-0.1, -0.05) is 0 Å². The Morgan fingerprint density at radius 2 is 2.08 bits per heavy atom. The Balaban J connectivity index is 1.79. The predicted molar refractivity (Wildman–Crippen MR) is 85.8 cm³/mol. The van der Waals surface area contributed by atoms with Crippen molar-refractivity contribution in [3.8, 4) is 0 Å². The van der Waals surface area contributed by atoms with Crippen LogP contribution in [0, 0.1) is 11.6 Å². The first-order chi connectivity index (χ1) is 11.6. The fourth-order valence-corrected chi connectivity index (χ4v) is 3.24. The van der Waals surface area contributed by atoms with E-state index in [1.807, 2.05) is 4.90 Å². The molecule has 0 amide bonds. The monoisotopic (exact) mass is 328 g/mol. The summed E-state index contributed by atoms with van der Waals surface area (Å²) in [5.74, 6) is -0.342. The van der Waals surface area contributed by atoms with Gasteiger partial charge < -0.3 is 9.88 Å². The standard InChI is InChI=1S/C17H14F2N4O/c18-10-3-4-12(19)11(8-10)14-2-1-7-23(14)15-6-5-13-16(22-15)17(24)21-9-20-13/h3-6,8-9,14H,1-2,7H2,(H,20,21,24)/t14-/m1/s1. The molecule has 0 aliphatic carbocycles. The number of hydrogen-bond donors (Lipinski definition) is 1. The summed E-state index contributed by atoms with van der Waals surface area (Å²) in [6.07, 6.45) is 2.86. The van der Waals surface area contributed by atoms with Crippen LogP contribution in [0.25, 0.3) is 11.0 Å². The van der Waals surface area contributed by atoms with E-state index in [0.717, 1.165) is 18.6 Å². The van der Waals surface area contributed by atoms with Gasteiger partial charge in [-0.2, -0.15) is 0 Å². The lowest BCUT2D eigenvalue weighted by Gasteiger charge is -2.26. The molecule has 122 valence electrons. The van der Waals surface area contributed by atoms with E-state index in [1.54, 1.807) is 12.1 Å². The molecule has 1 fully saturated rings. The number of H-pyrrole nitrogens is 1. The summed E-state index contributed by atoms with van der Waals surface area (Å²) >= 11 is 0. The van der Waals surface area contributed by atoms with Gasteiger partial charge in [-0.15, -0.1) is 0 Å². The van der Waals surface area contributed by atoms with Crippen molar-refractivity contribution in [3.63, 3.8) is 0 Å². The molecule has 1 N–H and O–H groups in total. The van der Waals surface area contributed by atoms with Crippen LogP contribution in [-0.2, 0) is 0 Å². The second-order valence-corrected chi connectivity index (χ2v) is 5.79. The van der Waals surface area contributed by atoms with Crippen molar-refractivity contribution in [1.29, 1.82) is 0 Å². The smallest absolute Gasteiger partial charge is 0.277 e. The van der Waals surface area contributed by atoms with E-state index in [0.29, 0.717) is 29.9 Å². The first-order valence-corrected chi connectivity index (χ1v) is 7.69. The third-order valence-electron chi connectivity index (χ3n) is 4.34. The van der Waals surface area contributed by atoms with Crippen LogP contribution < -0.4 is 10.5 Å². The van der Waals surface area contributed by atoms with Gasteiger partial charge in [0.25, 0.3) is 5.56 Å². The van der Waals surface area contributed by atoms with E-state index in [1.165, 1.54) is 12.4 Å². The summed E-state index contributed by atoms with van der Waals surface area (Å²) in [6, 6.07) is 6.64. The van der Waals surface area contributed by atoms with Gasteiger partial charge in [0, 0.05) is 12.1 Å². The van der Waals surface area contributed by atoms with Crippen LogP contribution in [0.15, 0.2) is 41.5 Å². The molecule has 24 heavy (non-hydrogen) atoms. The minimum atomic E-state index is -0.467. The van der Waals surface area contributed by atoms with Crippen molar-refractivity contribution in [2.45, 2.75) is 18.9 Å². The van der Waals surface area contributed by atoms with Gasteiger partial charge in [0.2, 0.25) is 0 Å². The van der Waals surface area contributed by atoms with Crippen LogP contribution in [0.3, 0.4) is 0 Å².